The van der Waals surface area contributed by atoms with Crippen LogP contribution in [0.4, 0.5) is 4.39 Å². The number of carbonyl (C=O) groups is 2. The second kappa shape index (κ2) is 11.3. The van der Waals surface area contributed by atoms with Gasteiger partial charge in [0.1, 0.15) is 5.82 Å². The Morgan fingerprint density at radius 2 is 1.95 bits per heavy atom. The summed E-state index contributed by atoms with van der Waals surface area (Å²) in [5, 5.41) is 19.9. The molecule has 1 aliphatic heterocycles. The third kappa shape index (κ3) is 5.68. The first kappa shape index (κ1) is 25.8. The third-order valence-electron chi connectivity index (χ3n) is 6.18. The zero-order valence-electron chi connectivity index (χ0n) is 20.8. The van der Waals surface area contributed by atoms with Crippen molar-refractivity contribution in [1.29, 1.82) is 0 Å². The van der Waals surface area contributed by atoms with E-state index in [0.29, 0.717) is 17.4 Å². The normalized spacial score (nSPS) is 15.0. The smallest absolute Gasteiger partial charge is 0.253 e. The molecular formula is C27H25FN6O2S2. The Balaban J connectivity index is 1.25. The number of rotatable bonds is 8. The largest absolute Gasteiger partial charge is 0.345 e. The van der Waals surface area contributed by atoms with Gasteiger partial charge in [-0.2, -0.15) is 5.10 Å². The molecule has 4 aromatic rings. The second-order valence-electron chi connectivity index (χ2n) is 8.83. The van der Waals surface area contributed by atoms with Crippen molar-refractivity contribution in [2.45, 2.75) is 31.1 Å². The molecule has 0 fully saturated rings. The Bertz CT molecular complexity index is 1480. The van der Waals surface area contributed by atoms with E-state index in [4.69, 9.17) is 5.10 Å². The number of hydrogen-bond acceptors (Lipinski definition) is 7. The highest BCUT2D eigenvalue weighted by atomic mass is 32.2. The molecule has 0 spiro atoms. The number of nitrogens with one attached hydrogen (secondary N) is 1. The predicted octanol–water partition coefficient (Wildman–Crippen LogP) is 4.72. The van der Waals surface area contributed by atoms with Gasteiger partial charge >= 0.3 is 0 Å². The molecule has 2 aromatic carbocycles. The summed E-state index contributed by atoms with van der Waals surface area (Å²) in [6.45, 7) is 2.15. The van der Waals surface area contributed by atoms with Crippen molar-refractivity contribution >= 4 is 40.6 Å². The van der Waals surface area contributed by atoms with Crippen LogP contribution in [0, 0.1) is 12.7 Å². The van der Waals surface area contributed by atoms with Crippen LogP contribution in [0.1, 0.15) is 44.6 Å². The van der Waals surface area contributed by atoms with Crippen LogP contribution >= 0.6 is 23.1 Å². The summed E-state index contributed by atoms with van der Waals surface area (Å²) in [7, 11) is 1.77. The molecule has 1 atom stereocenters. The van der Waals surface area contributed by atoms with E-state index in [0.717, 1.165) is 21.7 Å². The van der Waals surface area contributed by atoms with Crippen molar-refractivity contribution < 1.29 is 14.0 Å². The Labute approximate surface area is 227 Å². The number of thiophene rings is 1. The molecular weight excluding hydrogens is 523 g/mol. The lowest BCUT2D eigenvalue weighted by Gasteiger charge is -2.22. The minimum absolute atomic E-state index is 0.115. The van der Waals surface area contributed by atoms with E-state index in [1.807, 2.05) is 48.7 Å². The van der Waals surface area contributed by atoms with Crippen molar-refractivity contribution in [3.63, 3.8) is 0 Å². The SMILES string of the molecule is Cc1ccc([C@H]2CC(c3cccs3)=NN2C(=O)CSc2nnc(CNC(=O)c3cccc(F)c3)n2C)cc1. The van der Waals surface area contributed by atoms with Gasteiger partial charge in [0.15, 0.2) is 11.0 Å². The Morgan fingerprint density at radius 1 is 1.13 bits per heavy atom. The van der Waals surface area contributed by atoms with Crippen LogP contribution in [-0.2, 0) is 18.4 Å². The summed E-state index contributed by atoms with van der Waals surface area (Å²) in [4.78, 5) is 26.7. The van der Waals surface area contributed by atoms with E-state index < -0.39 is 11.7 Å². The van der Waals surface area contributed by atoms with Crippen molar-refractivity contribution in [3.8, 4) is 0 Å². The van der Waals surface area contributed by atoms with Crippen LogP contribution < -0.4 is 5.32 Å². The van der Waals surface area contributed by atoms with Gasteiger partial charge in [-0.3, -0.25) is 9.59 Å². The number of amides is 2. The van der Waals surface area contributed by atoms with E-state index in [-0.39, 0.29) is 29.8 Å². The molecule has 1 N–H and O–H groups in total. The molecule has 2 aromatic heterocycles. The van der Waals surface area contributed by atoms with Gasteiger partial charge in [-0.1, -0.05) is 53.7 Å². The lowest BCUT2D eigenvalue weighted by atomic mass is 10.00. The van der Waals surface area contributed by atoms with E-state index >= 15 is 0 Å². The quantitative estimate of drug-likeness (QED) is 0.322. The molecule has 0 saturated carbocycles. The summed E-state index contributed by atoms with van der Waals surface area (Å²) >= 11 is 2.87. The van der Waals surface area contributed by atoms with Gasteiger partial charge in [-0.25, -0.2) is 9.40 Å². The van der Waals surface area contributed by atoms with Crippen molar-refractivity contribution in [2.24, 2.45) is 12.1 Å². The average Bonchev–Trinajstić information content (AvgIpc) is 3.67. The van der Waals surface area contributed by atoms with Crippen LogP contribution in [0.3, 0.4) is 0 Å². The predicted molar refractivity (Wildman–Crippen MR) is 146 cm³/mol. The minimum atomic E-state index is -0.478. The average molecular weight is 549 g/mol. The highest BCUT2D eigenvalue weighted by Gasteiger charge is 2.33. The Morgan fingerprint density at radius 3 is 2.68 bits per heavy atom. The number of halogens is 1. The van der Waals surface area contributed by atoms with E-state index in [9.17, 15) is 14.0 Å². The van der Waals surface area contributed by atoms with Crippen LogP contribution in [0.5, 0.6) is 0 Å². The van der Waals surface area contributed by atoms with Gasteiger partial charge in [0.25, 0.3) is 11.8 Å². The molecule has 38 heavy (non-hydrogen) atoms. The topological polar surface area (TPSA) is 92.5 Å². The molecule has 11 heteroatoms. The number of hydrogen-bond donors (Lipinski definition) is 1. The lowest BCUT2D eigenvalue weighted by Crippen LogP contribution is -2.28. The summed E-state index contributed by atoms with van der Waals surface area (Å²) < 4.78 is 15.1. The Kier molecular flexibility index (Phi) is 7.66. The van der Waals surface area contributed by atoms with E-state index in [2.05, 4.69) is 15.5 Å². The van der Waals surface area contributed by atoms with Gasteiger partial charge in [-0.05, 0) is 42.1 Å². The number of carbonyl (C=O) groups excluding carboxylic acids is 2. The van der Waals surface area contributed by atoms with Gasteiger partial charge in [-0.15, -0.1) is 21.5 Å². The van der Waals surface area contributed by atoms with Crippen molar-refractivity contribution in [2.75, 3.05) is 5.75 Å². The van der Waals surface area contributed by atoms with Crippen LogP contribution in [0.2, 0.25) is 0 Å². The summed E-state index contributed by atoms with van der Waals surface area (Å²) in [5.74, 6) is -0.371. The van der Waals surface area contributed by atoms with Crippen molar-refractivity contribution in [3.05, 3.63) is 99.3 Å². The van der Waals surface area contributed by atoms with Gasteiger partial charge < -0.3 is 9.88 Å². The maximum absolute atomic E-state index is 13.4. The van der Waals surface area contributed by atoms with Gasteiger partial charge in [0.2, 0.25) is 0 Å². The fourth-order valence-electron chi connectivity index (χ4n) is 4.09. The first-order valence-corrected chi connectivity index (χ1v) is 13.8. The number of benzene rings is 2. The third-order valence-corrected chi connectivity index (χ3v) is 8.10. The molecule has 0 bridgehead atoms. The summed E-state index contributed by atoms with van der Waals surface area (Å²) in [6, 6.07) is 17.5. The van der Waals surface area contributed by atoms with E-state index in [1.54, 1.807) is 28.0 Å². The Hall–Kier alpha value is -3.83. The molecule has 8 nitrogen and oxygen atoms in total. The molecule has 0 unspecified atom stereocenters. The molecule has 0 saturated heterocycles. The van der Waals surface area contributed by atoms with Crippen molar-refractivity contribution in [1.82, 2.24) is 25.1 Å². The molecule has 2 amide bonds. The highest BCUT2D eigenvalue weighted by Crippen LogP contribution is 2.34. The highest BCUT2D eigenvalue weighted by molar-refractivity contribution is 7.99. The standard InChI is InChI=1S/C27H25FN6O2S2/c1-17-8-10-18(11-9-17)22-14-21(23-7-4-12-37-23)32-34(22)25(35)16-38-27-31-30-24(33(27)2)15-29-26(36)19-5-3-6-20(28)13-19/h3-13,22H,14-16H2,1-2H3,(H,29,36)/t22-/m1/s1. The fraction of sp³-hybridized carbons (Fsp3) is 0.222. The number of thioether (sulfide) groups is 1. The first-order chi connectivity index (χ1) is 18.4. The fourth-order valence-corrected chi connectivity index (χ4v) is 5.59. The van der Waals surface area contributed by atoms with Crippen LogP contribution in [0.25, 0.3) is 0 Å². The first-order valence-electron chi connectivity index (χ1n) is 11.9. The molecule has 194 valence electrons. The van der Waals surface area contributed by atoms with Crippen LogP contribution in [0.15, 0.2) is 76.3 Å². The molecule has 5 rings (SSSR count). The van der Waals surface area contributed by atoms with E-state index in [1.165, 1.54) is 36.0 Å². The monoisotopic (exact) mass is 548 g/mol. The summed E-state index contributed by atoms with van der Waals surface area (Å²) in [6.07, 6.45) is 0.652. The zero-order chi connectivity index (χ0) is 26.6. The second-order valence-corrected chi connectivity index (χ2v) is 10.7. The van der Waals surface area contributed by atoms with Crippen LogP contribution in [-0.4, -0.2) is 43.1 Å². The maximum atomic E-state index is 13.4. The molecule has 0 radical (unpaired) electrons. The number of aryl methyl sites for hydroxylation is 1. The zero-order valence-corrected chi connectivity index (χ0v) is 22.4. The number of nitrogens with zero attached hydrogens (tertiary/aromatic N) is 5. The molecule has 1 aliphatic rings. The number of aromatic nitrogens is 3. The number of hydrazone groups is 1. The molecule has 0 aliphatic carbocycles. The van der Waals surface area contributed by atoms with Gasteiger partial charge in [0.05, 0.1) is 28.9 Å². The van der Waals surface area contributed by atoms with Gasteiger partial charge in [0, 0.05) is 19.0 Å². The summed E-state index contributed by atoms with van der Waals surface area (Å²) in [5.41, 5.74) is 3.33. The minimum Gasteiger partial charge on any atom is -0.345 e. The molecule has 3 heterocycles. The maximum Gasteiger partial charge on any atom is 0.253 e. The lowest BCUT2D eigenvalue weighted by molar-refractivity contribution is -0.130.